The summed E-state index contributed by atoms with van der Waals surface area (Å²) < 4.78 is 51.8. The van der Waals surface area contributed by atoms with Crippen molar-refractivity contribution >= 4 is 21.4 Å². The smallest absolute Gasteiger partial charge is 0.278 e. The zero-order valence-corrected chi connectivity index (χ0v) is 11.0. The highest BCUT2D eigenvalue weighted by Gasteiger charge is 2.26. The van der Waals surface area contributed by atoms with Gasteiger partial charge in [0.25, 0.3) is 15.7 Å². The number of pyridine rings is 1. The number of nitro groups is 1. The van der Waals surface area contributed by atoms with Gasteiger partial charge >= 0.3 is 0 Å². The standard InChI is InChI=1S/C11H7F2N3O4S/c12-7-1-3-10(9(5-7)16(17)18)21(19,20)15-8-2-4-11(13)14-6-8/h1-6,15H. The van der Waals surface area contributed by atoms with Crippen LogP contribution in [0.4, 0.5) is 20.2 Å². The summed E-state index contributed by atoms with van der Waals surface area (Å²) in [4.78, 5) is 12.3. The summed E-state index contributed by atoms with van der Waals surface area (Å²) in [5.41, 5.74) is -0.993. The summed E-state index contributed by atoms with van der Waals surface area (Å²) in [6.07, 6.45) is 0.905. The van der Waals surface area contributed by atoms with Gasteiger partial charge in [-0.15, -0.1) is 0 Å². The molecule has 0 unspecified atom stereocenters. The van der Waals surface area contributed by atoms with Crippen LogP contribution in [0, 0.1) is 21.9 Å². The molecule has 1 aromatic carbocycles. The molecule has 0 saturated carbocycles. The van der Waals surface area contributed by atoms with Crippen LogP contribution in [-0.2, 0) is 10.0 Å². The highest BCUT2D eigenvalue weighted by molar-refractivity contribution is 7.92. The molecule has 0 radical (unpaired) electrons. The number of nitrogens with zero attached hydrogens (tertiary/aromatic N) is 2. The maximum absolute atomic E-state index is 13.0. The number of nitro benzene ring substituents is 1. The molecule has 10 heteroatoms. The van der Waals surface area contributed by atoms with Crippen molar-refractivity contribution in [3.8, 4) is 0 Å². The molecule has 0 atom stereocenters. The van der Waals surface area contributed by atoms with Crippen LogP contribution >= 0.6 is 0 Å². The van der Waals surface area contributed by atoms with Crippen LogP contribution < -0.4 is 4.72 Å². The molecule has 1 N–H and O–H groups in total. The summed E-state index contributed by atoms with van der Waals surface area (Å²) in [5, 5.41) is 10.8. The summed E-state index contributed by atoms with van der Waals surface area (Å²) in [6, 6.07) is 4.06. The van der Waals surface area contributed by atoms with Gasteiger partial charge in [-0.3, -0.25) is 14.8 Å². The quantitative estimate of drug-likeness (QED) is 0.528. The molecule has 0 aliphatic heterocycles. The Labute approximate surface area is 117 Å². The molecular formula is C11H7F2N3O4S. The van der Waals surface area contributed by atoms with Crippen LogP contribution in [0.2, 0.25) is 0 Å². The Morgan fingerprint density at radius 3 is 2.48 bits per heavy atom. The van der Waals surface area contributed by atoms with E-state index in [9.17, 15) is 27.3 Å². The molecule has 0 spiro atoms. The van der Waals surface area contributed by atoms with Gasteiger partial charge in [0, 0.05) is 0 Å². The second kappa shape index (κ2) is 5.40. The molecule has 1 heterocycles. The number of benzene rings is 1. The van der Waals surface area contributed by atoms with Gasteiger partial charge in [0.05, 0.1) is 22.9 Å². The van der Waals surface area contributed by atoms with Gasteiger partial charge in [0.2, 0.25) is 5.95 Å². The molecule has 110 valence electrons. The predicted molar refractivity (Wildman–Crippen MR) is 68.1 cm³/mol. The minimum Gasteiger partial charge on any atom is -0.278 e. The van der Waals surface area contributed by atoms with Crippen LogP contribution in [-0.4, -0.2) is 18.3 Å². The van der Waals surface area contributed by atoms with Gasteiger partial charge in [-0.05, 0) is 24.3 Å². The molecule has 0 saturated heterocycles. The van der Waals surface area contributed by atoms with E-state index in [0.29, 0.717) is 6.07 Å². The summed E-state index contributed by atoms with van der Waals surface area (Å²) in [7, 11) is -4.34. The molecule has 0 aliphatic rings. The van der Waals surface area contributed by atoms with Crippen molar-refractivity contribution < 1.29 is 22.1 Å². The van der Waals surface area contributed by atoms with E-state index in [-0.39, 0.29) is 5.69 Å². The van der Waals surface area contributed by atoms with Crippen LogP contribution in [0.1, 0.15) is 0 Å². The Morgan fingerprint density at radius 2 is 1.90 bits per heavy atom. The van der Waals surface area contributed by atoms with Gasteiger partial charge in [-0.2, -0.15) is 4.39 Å². The average molecular weight is 315 g/mol. The summed E-state index contributed by atoms with van der Waals surface area (Å²) in [6.45, 7) is 0. The second-order valence-corrected chi connectivity index (χ2v) is 5.50. The van der Waals surface area contributed by atoms with Crippen molar-refractivity contribution in [2.45, 2.75) is 4.90 Å². The van der Waals surface area contributed by atoms with Gasteiger partial charge in [-0.1, -0.05) is 0 Å². The normalized spacial score (nSPS) is 11.1. The van der Waals surface area contributed by atoms with E-state index >= 15 is 0 Å². The summed E-state index contributed by atoms with van der Waals surface area (Å²) >= 11 is 0. The van der Waals surface area contributed by atoms with E-state index in [4.69, 9.17) is 0 Å². The van der Waals surface area contributed by atoms with Crippen molar-refractivity contribution in [2.75, 3.05) is 4.72 Å². The fourth-order valence-electron chi connectivity index (χ4n) is 1.51. The third-order valence-electron chi connectivity index (χ3n) is 2.39. The van der Waals surface area contributed by atoms with Gasteiger partial charge in [0.1, 0.15) is 5.82 Å². The number of aromatic nitrogens is 1. The van der Waals surface area contributed by atoms with Crippen molar-refractivity contribution in [3.05, 3.63) is 58.4 Å². The second-order valence-electron chi connectivity index (χ2n) is 3.84. The van der Waals surface area contributed by atoms with Crippen LogP contribution in [0.3, 0.4) is 0 Å². The maximum Gasteiger partial charge on any atom is 0.292 e. The third-order valence-corrected chi connectivity index (χ3v) is 3.82. The third kappa shape index (κ3) is 3.28. The first kappa shape index (κ1) is 14.8. The zero-order valence-electron chi connectivity index (χ0n) is 10.2. The van der Waals surface area contributed by atoms with E-state index < -0.39 is 37.3 Å². The minimum atomic E-state index is -4.34. The highest BCUT2D eigenvalue weighted by atomic mass is 32.2. The molecule has 21 heavy (non-hydrogen) atoms. The predicted octanol–water partition coefficient (Wildman–Crippen LogP) is 2.07. The number of nitrogens with one attached hydrogen (secondary N) is 1. The van der Waals surface area contributed by atoms with Crippen molar-refractivity contribution in [2.24, 2.45) is 0 Å². The van der Waals surface area contributed by atoms with E-state index in [1.807, 2.05) is 4.72 Å². The molecule has 7 nitrogen and oxygen atoms in total. The first-order chi connectivity index (χ1) is 9.79. The Hall–Kier alpha value is -2.62. The lowest BCUT2D eigenvalue weighted by molar-refractivity contribution is -0.388. The number of hydrogen-bond acceptors (Lipinski definition) is 5. The number of hydrogen-bond donors (Lipinski definition) is 1. The monoisotopic (exact) mass is 315 g/mol. The van der Waals surface area contributed by atoms with Crippen LogP contribution in [0.25, 0.3) is 0 Å². The van der Waals surface area contributed by atoms with Crippen LogP contribution in [0.15, 0.2) is 41.4 Å². The van der Waals surface area contributed by atoms with Crippen molar-refractivity contribution in [3.63, 3.8) is 0 Å². The lowest BCUT2D eigenvalue weighted by atomic mass is 10.3. The Morgan fingerprint density at radius 1 is 1.19 bits per heavy atom. The average Bonchev–Trinajstić information content (AvgIpc) is 2.40. The SMILES string of the molecule is O=[N+]([O-])c1cc(F)ccc1S(=O)(=O)Nc1ccc(F)nc1. The Bertz CT molecular complexity index is 794. The van der Waals surface area contributed by atoms with E-state index in [0.717, 1.165) is 30.5 Å². The van der Waals surface area contributed by atoms with Crippen molar-refractivity contribution in [1.29, 1.82) is 0 Å². The Kier molecular flexibility index (Phi) is 3.80. The van der Waals surface area contributed by atoms with E-state index in [1.165, 1.54) is 0 Å². The maximum atomic E-state index is 13.0. The number of halogens is 2. The molecule has 2 aromatic rings. The van der Waals surface area contributed by atoms with E-state index in [2.05, 4.69) is 4.98 Å². The van der Waals surface area contributed by atoms with Crippen LogP contribution in [0.5, 0.6) is 0 Å². The topological polar surface area (TPSA) is 102 Å². The number of rotatable bonds is 4. The van der Waals surface area contributed by atoms with Crippen molar-refractivity contribution in [1.82, 2.24) is 4.98 Å². The lowest BCUT2D eigenvalue weighted by Crippen LogP contribution is -2.15. The largest absolute Gasteiger partial charge is 0.292 e. The van der Waals surface area contributed by atoms with Gasteiger partial charge in [0.15, 0.2) is 4.90 Å². The molecule has 0 amide bonds. The molecule has 0 bridgehead atoms. The molecule has 2 rings (SSSR count). The fraction of sp³-hybridized carbons (Fsp3) is 0. The highest BCUT2D eigenvalue weighted by Crippen LogP contribution is 2.26. The first-order valence-corrected chi connectivity index (χ1v) is 6.86. The molecule has 0 aliphatic carbocycles. The zero-order chi connectivity index (χ0) is 15.6. The van der Waals surface area contributed by atoms with Gasteiger partial charge in [-0.25, -0.2) is 17.8 Å². The minimum absolute atomic E-state index is 0.0879. The number of sulfonamides is 1. The number of anilines is 1. The van der Waals surface area contributed by atoms with E-state index in [1.54, 1.807) is 0 Å². The lowest BCUT2D eigenvalue weighted by Gasteiger charge is -2.08. The molecule has 1 aromatic heterocycles. The Balaban J connectivity index is 2.44. The van der Waals surface area contributed by atoms with Gasteiger partial charge < -0.3 is 0 Å². The molecular weight excluding hydrogens is 308 g/mol. The first-order valence-electron chi connectivity index (χ1n) is 5.38. The fourth-order valence-corrected chi connectivity index (χ4v) is 2.70. The molecule has 0 fully saturated rings. The summed E-state index contributed by atoms with van der Waals surface area (Å²) in [5.74, 6) is -1.75.